The molecule has 102 valence electrons. The van der Waals surface area contributed by atoms with Gasteiger partial charge in [-0.25, -0.2) is 0 Å². The Kier molecular flexibility index (Phi) is 3.48. The molecule has 1 heterocycles. The summed E-state index contributed by atoms with van der Waals surface area (Å²) in [6.07, 6.45) is 3.73. The number of hydrogen-bond acceptors (Lipinski definition) is 1. The van der Waals surface area contributed by atoms with Gasteiger partial charge in [0, 0.05) is 28.9 Å². The number of imidazole rings is 1. The van der Waals surface area contributed by atoms with Crippen LogP contribution in [0.2, 0.25) is 0 Å². The number of nitrogens with zero attached hydrogens (tertiary/aromatic N) is 2. The predicted octanol–water partition coefficient (Wildman–Crippen LogP) is 4.79. The Bertz CT molecular complexity index is 503. The van der Waals surface area contributed by atoms with Crippen molar-refractivity contribution < 1.29 is 0 Å². The largest absolute Gasteiger partial charge is 0.318 e. The highest BCUT2D eigenvalue weighted by molar-refractivity contribution is 7.71. The number of aromatic nitrogens is 2. The molecule has 2 nitrogen and oxygen atoms in total. The molecule has 1 aromatic heterocycles. The zero-order valence-corrected chi connectivity index (χ0v) is 13.4. The molecule has 0 N–H and O–H groups in total. The van der Waals surface area contributed by atoms with Crippen LogP contribution in [0.15, 0.2) is 0 Å². The molecule has 0 radical (unpaired) electrons. The molecule has 1 aromatic rings. The molecule has 0 aliphatic heterocycles. The van der Waals surface area contributed by atoms with E-state index in [1.807, 2.05) is 0 Å². The van der Waals surface area contributed by atoms with E-state index in [4.69, 9.17) is 12.2 Å². The van der Waals surface area contributed by atoms with E-state index in [-0.39, 0.29) is 5.41 Å². The van der Waals surface area contributed by atoms with Gasteiger partial charge in [0.15, 0.2) is 4.77 Å². The smallest absolute Gasteiger partial charge is 0.180 e. The molecule has 0 saturated heterocycles. The summed E-state index contributed by atoms with van der Waals surface area (Å²) in [6.45, 7) is 13.7. The molecule has 1 aliphatic carbocycles. The summed E-state index contributed by atoms with van der Waals surface area (Å²) in [7, 11) is 0. The Morgan fingerprint density at radius 1 is 1.06 bits per heavy atom. The van der Waals surface area contributed by atoms with Crippen molar-refractivity contribution in [2.45, 2.75) is 78.3 Å². The van der Waals surface area contributed by atoms with E-state index in [0.717, 1.165) is 4.77 Å². The molecule has 18 heavy (non-hydrogen) atoms. The Morgan fingerprint density at radius 2 is 1.61 bits per heavy atom. The van der Waals surface area contributed by atoms with Crippen LogP contribution in [0.25, 0.3) is 0 Å². The fourth-order valence-corrected chi connectivity index (χ4v) is 3.99. The molecule has 0 saturated carbocycles. The number of fused-ring (bicyclic) bond motifs is 1. The van der Waals surface area contributed by atoms with Crippen LogP contribution < -0.4 is 0 Å². The van der Waals surface area contributed by atoms with E-state index in [1.165, 1.54) is 30.7 Å². The molecule has 0 fully saturated rings. The van der Waals surface area contributed by atoms with Crippen LogP contribution in [0, 0.1) is 4.77 Å². The lowest BCUT2D eigenvalue weighted by atomic mass is 9.77. The van der Waals surface area contributed by atoms with Crippen molar-refractivity contribution in [2.24, 2.45) is 0 Å². The van der Waals surface area contributed by atoms with Crippen molar-refractivity contribution in [3.63, 3.8) is 0 Å². The first-order chi connectivity index (χ1) is 8.27. The van der Waals surface area contributed by atoms with Gasteiger partial charge in [0.2, 0.25) is 0 Å². The monoisotopic (exact) mass is 266 g/mol. The van der Waals surface area contributed by atoms with Gasteiger partial charge in [-0.2, -0.15) is 0 Å². The fourth-order valence-electron chi connectivity index (χ4n) is 3.36. The normalized spacial score (nSPS) is 18.4. The Morgan fingerprint density at radius 3 is 2.11 bits per heavy atom. The van der Waals surface area contributed by atoms with Crippen LogP contribution in [0.5, 0.6) is 0 Å². The van der Waals surface area contributed by atoms with Crippen LogP contribution in [0.1, 0.15) is 77.9 Å². The molecular formula is C15H26N2S. The molecule has 0 spiro atoms. The summed E-state index contributed by atoms with van der Waals surface area (Å²) in [6, 6.07) is 0.906. The van der Waals surface area contributed by atoms with Crippen molar-refractivity contribution in [3.05, 3.63) is 16.2 Å². The highest BCUT2D eigenvalue weighted by atomic mass is 32.1. The lowest BCUT2D eigenvalue weighted by Crippen LogP contribution is -2.28. The molecule has 0 unspecified atom stereocenters. The van der Waals surface area contributed by atoms with Crippen molar-refractivity contribution in [2.75, 3.05) is 0 Å². The Hall–Kier alpha value is -0.570. The van der Waals surface area contributed by atoms with Gasteiger partial charge in [0.1, 0.15) is 0 Å². The van der Waals surface area contributed by atoms with E-state index < -0.39 is 0 Å². The third kappa shape index (κ3) is 1.97. The third-order valence-electron chi connectivity index (χ3n) is 4.11. The average Bonchev–Trinajstić information content (AvgIpc) is 2.51. The summed E-state index contributed by atoms with van der Waals surface area (Å²) in [5.74, 6) is 0. The van der Waals surface area contributed by atoms with Crippen LogP contribution in [0.4, 0.5) is 0 Å². The van der Waals surface area contributed by atoms with Gasteiger partial charge in [-0.3, -0.25) is 0 Å². The van der Waals surface area contributed by atoms with Crippen LogP contribution in [-0.4, -0.2) is 9.13 Å². The maximum atomic E-state index is 5.74. The fraction of sp³-hybridized carbons (Fsp3) is 0.800. The van der Waals surface area contributed by atoms with Gasteiger partial charge in [-0.05, 0) is 59.2 Å². The minimum absolute atomic E-state index is 0.256. The second kappa shape index (κ2) is 4.52. The summed E-state index contributed by atoms with van der Waals surface area (Å²) in [5, 5.41) is 0. The number of hydrogen-bond donors (Lipinski definition) is 0. The first-order valence-corrected chi connectivity index (χ1v) is 7.54. The first-order valence-electron chi connectivity index (χ1n) is 7.13. The quantitative estimate of drug-likeness (QED) is 0.699. The van der Waals surface area contributed by atoms with Crippen molar-refractivity contribution in [1.29, 1.82) is 0 Å². The van der Waals surface area contributed by atoms with Gasteiger partial charge in [-0.15, -0.1) is 0 Å². The zero-order chi connectivity index (χ0) is 13.7. The highest BCUT2D eigenvalue weighted by Crippen LogP contribution is 2.40. The maximum absolute atomic E-state index is 5.74. The summed E-state index contributed by atoms with van der Waals surface area (Å²) in [5.41, 5.74) is 3.23. The third-order valence-corrected chi connectivity index (χ3v) is 4.50. The molecule has 1 aliphatic rings. The first kappa shape index (κ1) is 13.9. The van der Waals surface area contributed by atoms with Gasteiger partial charge in [0.05, 0.1) is 0 Å². The number of rotatable bonds is 2. The summed E-state index contributed by atoms with van der Waals surface area (Å²) < 4.78 is 5.79. The van der Waals surface area contributed by atoms with Gasteiger partial charge >= 0.3 is 0 Å². The molecule has 0 aromatic carbocycles. The molecular weight excluding hydrogens is 240 g/mol. The van der Waals surface area contributed by atoms with Gasteiger partial charge < -0.3 is 9.13 Å². The predicted molar refractivity (Wildman–Crippen MR) is 80.0 cm³/mol. The minimum Gasteiger partial charge on any atom is -0.318 e. The van der Waals surface area contributed by atoms with Gasteiger partial charge in [-0.1, -0.05) is 13.8 Å². The SMILES string of the molecule is CC(C)n1c2c(n(C(C)C)c1=S)C(C)(C)CCC2. The Balaban J connectivity index is 2.80. The van der Waals surface area contributed by atoms with E-state index in [9.17, 15) is 0 Å². The average molecular weight is 266 g/mol. The molecule has 0 amide bonds. The van der Waals surface area contributed by atoms with E-state index >= 15 is 0 Å². The van der Waals surface area contributed by atoms with Crippen molar-refractivity contribution >= 4 is 12.2 Å². The van der Waals surface area contributed by atoms with Crippen molar-refractivity contribution in [1.82, 2.24) is 9.13 Å². The molecule has 0 bridgehead atoms. The molecule has 3 heteroatoms. The topological polar surface area (TPSA) is 9.86 Å². The highest BCUT2D eigenvalue weighted by Gasteiger charge is 2.34. The van der Waals surface area contributed by atoms with Gasteiger partial charge in [0.25, 0.3) is 0 Å². The van der Waals surface area contributed by atoms with Crippen LogP contribution >= 0.6 is 12.2 Å². The second-order valence-corrected chi connectivity index (χ2v) is 7.11. The molecule has 2 rings (SSSR count). The van der Waals surface area contributed by atoms with E-state index in [2.05, 4.69) is 50.7 Å². The maximum Gasteiger partial charge on any atom is 0.180 e. The lowest BCUT2D eigenvalue weighted by Gasteiger charge is -2.33. The van der Waals surface area contributed by atoms with Crippen LogP contribution in [0.3, 0.4) is 0 Å². The second-order valence-electron chi connectivity index (χ2n) is 6.74. The summed E-state index contributed by atoms with van der Waals surface area (Å²) >= 11 is 5.74. The lowest BCUT2D eigenvalue weighted by molar-refractivity contribution is 0.383. The standard InChI is InChI=1S/C15H26N2S/c1-10(2)16-12-8-7-9-15(5,6)13(12)17(11(3)4)14(16)18/h10-11H,7-9H2,1-6H3. The van der Waals surface area contributed by atoms with Crippen LogP contribution in [-0.2, 0) is 11.8 Å². The Labute approximate surface area is 116 Å². The molecule has 0 atom stereocenters. The zero-order valence-electron chi connectivity index (χ0n) is 12.6. The summed E-state index contributed by atoms with van der Waals surface area (Å²) in [4.78, 5) is 0. The van der Waals surface area contributed by atoms with Crippen molar-refractivity contribution in [3.8, 4) is 0 Å². The van der Waals surface area contributed by atoms with E-state index in [1.54, 1.807) is 0 Å². The minimum atomic E-state index is 0.256. The van der Waals surface area contributed by atoms with E-state index in [0.29, 0.717) is 12.1 Å².